The highest BCUT2D eigenvalue weighted by atomic mass is 32.2. The van der Waals surface area contributed by atoms with E-state index in [2.05, 4.69) is 0 Å². The fraction of sp³-hybridized carbons (Fsp3) is 0.500. The van der Waals surface area contributed by atoms with Crippen LogP contribution in [0.1, 0.15) is 0 Å². The Bertz CT molecular complexity index is 99.5. The minimum Gasteiger partial charge on any atom is -0.616 e. The van der Waals surface area contributed by atoms with Crippen LogP contribution in [-0.4, -0.2) is 28.6 Å². The van der Waals surface area contributed by atoms with Crippen molar-refractivity contribution < 1.29 is 14.1 Å². The SMILES string of the molecule is C[S+]([O-])CC(=O)C=O. The molecule has 1 unspecified atom stereocenters. The molecule has 46 valence electrons. The molecule has 0 saturated heterocycles. The van der Waals surface area contributed by atoms with Crippen LogP contribution in [0.5, 0.6) is 0 Å². The molecule has 8 heavy (non-hydrogen) atoms. The Balaban J connectivity index is 3.39. The predicted molar refractivity (Wildman–Crippen MR) is 30.0 cm³/mol. The lowest BCUT2D eigenvalue weighted by Crippen LogP contribution is -2.14. The molecule has 0 fully saturated rings. The van der Waals surface area contributed by atoms with Gasteiger partial charge in [0.2, 0.25) is 5.78 Å². The molecule has 0 radical (unpaired) electrons. The summed E-state index contributed by atoms with van der Waals surface area (Å²) in [6.45, 7) is 0. The highest BCUT2D eigenvalue weighted by Gasteiger charge is 2.04. The zero-order valence-electron chi connectivity index (χ0n) is 4.42. The summed E-state index contributed by atoms with van der Waals surface area (Å²) in [6, 6.07) is 0. The van der Waals surface area contributed by atoms with Crippen LogP contribution in [0, 0.1) is 0 Å². The maximum Gasteiger partial charge on any atom is 0.244 e. The quantitative estimate of drug-likeness (QED) is 0.286. The van der Waals surface area contributed by atoms with Crippen molar-refractivity contribution in [1.29, 1.82) is 0 Å². The number of ketones is 1. The summed E-state index contributed by atoms with van der Waals surface area (Å²) in [5, 5.41) is 0. The number of rotatable bonds is 3. The van der Waals surface area contributed by atoms with Crippen molar-refractivity contribution in [2.24, 2.45) is 0 Å². The highest BCUT2D eigenvalue weighted by molar-refractivity contribution is 7.91. The van der Waals surface area contributed by atoms with Gasteiger partial charge in [-0.25, -0.2) is 0 Å². The summed E-state index contributed by atoms with van der Waals surface area (Å²) in [6.07, 6.45) is 1.56. The van der Waals surface area contributed by atoms with E-state index in [1.165, 1.54) is 6.26 Å². The molecule has 0 aliphatic rings. The van der Waals surface area contributed by atoms with Crippen LogP contribution >= 0.6 is 0 Å². The summed E-state index contributed by atoms with van der Waals surface area (Å²) >= 11 is -1.18. The topological polar surface area (TPSA) is 57.2 Å². The van der Waals surface area contributed by atoms with Gasteiger partial charge in [-0.1, -0.05) is 0 Å². The first-order chi connectivity index (χ1) is 3.66. The van der Waals surface area contributed by atoms with Crippen LogP contribution in [0.3, 0.4) is 0 Å². The van der Waals surface area contributed by atoms with Crippen LogP contribution in [0.4, 0.5) is 0 Å². The highest BCUT2D eigenvalue weighted by Crippen LogP contribution is 1.80. The zero-order valence-corrected chi connectivity index (χ0v) is 5.23. The third-order valence-corrected chi connectivity index (χ3v) is 1.17. The molecule has 1 atom stereocenters. The lowest BCUT2D eigenvalue weighted by atomic mass is 10.5. The Kier molecular flexibility index (Phi) is 3.47. The van der Waals surface area contributed by atoms with Gasteiger partial charge in [-0.2, -0.15) is 0 Å². The Labute approximate surface area is 50.3 Å². The van der Waals surface area contributed by atoms with E-state index < -0.39 is 17.0 Å². The number of aldehydes is 1. The fourth-order valence-electron chi connectivity index (χ4n) is 0.234. The molecule has 0 N–H and O–H groups in total. The van der Waals surface area contributed by atoms with Gasteiger partial charge in [0.1, 0.15) is 0 Å². The number of carbonyl (C=O) groups is 2. The first-order valence-corrected chi connectivity index (χ1v) is 3.67. The van der Waals surface area contributed by atoms with E-state index in [1.54, 1.807) is 0 Å². The molecule has 0 spiro atoms. The second-order valence-electron chi connectivity index (χ2n) is 1.30. The van der Waals surface area contributed by atoms with E-state index >= 15 is 0 Å². The zero-order chi connectivity index (χ0) is 6.57. The third kappa shape index (κ3) is 3.83. The molecule has 0 aromatic carbocycles. The Morgan fingerprint density at radius 3 is 2.50 bits per heavy atom. The molecule has 0 heterocycles. The van der Waals surface area contributed by atoms with Gasteiger partial charge in [-0.05, 0) is 11.2 Å². The number of hydrogen-bond donors (Lipinski definition) is 0. The Morgan fingerprint density at radius 1 is 1.88 bits per heavy atom. The van der Waals surface area contributed by atoms with E-state index in [0.717, 1.165) is 0 Å². The standard InChI is InChI=1S/C4H6O3S/c1-8(7)3-4(6)2-5/h2H,3H2,1H3. The third-order valence-electron chi connectivity index (χ3n) is 0.477. The molecule has 3 nitrogen and oxygen atoms in total. The summed E-state index contributed by atoms with van der Waals surface area (Å²) in [7, 11) is 0. The second kappa shape index (κ2) is 3.63. The van der Waals surface area contributed by atoms with Crippen LogP contribution in [0.25, 0.3) is 0 Å². The molecule has 0 aromatic heterocycles. The molecule has 0 amide bonds. The maximum atomic E-state index is 10.1. The van der Waals surface area contributed by atoms with E-state index in [0.29, 0.717) is 0 Å². The van der Waals surface area contributed by atoms with Crippen molar-refractivity contribution in [2.75, 3.05) is 12.0 Å². The van der Waals surface area contributed by atoms with Gasteiger partial charge in [0.25, 0.3) is 0 Å². The summed E-state index contributed by atoms with van der Waals surface area (Å²) in [5.74, 6) is -0.755. The summed E-state index contributed by atoms with van der Waals surface area (Å²) in [4.78, 5) is 19.6. The van der Waals surface area contributed by atoms with Crippen LogP contribution in [0.15, 0.2) is 0 Å². The molecular formula is C4H6O3S. The molecule has 4 heteroatoms. The van der Waals surface area contributed by atoms with Crippen LogP contribution in [-0.2, 0) is 20.8 Å². The molecule has 0 bridgehead atoms. The fourth-order valence-corrected chi connectivity index (χ4v) is 0.703. The monoisotopic (exact) mass is 134 g/mol. The molecule has 0 aliphatic carbocycles. The van der Waals surface area contributed by atoms with E-state index in [-0.39, 0.29) is 12.0 Å². The van der Waals surface area contributed by atoms with Gasteiger partial charge in [-0.3, -0.25) is 9.59 Å². The average molecular weight is 134 g/mol. The molecule has 0 rings (SSSR count). The summed E-state index contributed by atoms with van der Waals surface area (Å²) in [5.41, 5.74) is 0. The number of Topliss-reactive ketones (excluding diaryl/α,β-unsaturated/α-hetero) is 1. The smallest absolute Gasteiger partial charge is 0.244 e. The van der Waals surface area contributed by atoms with Crippen LogP contribution in [0.2, 0.25) is 0 Å². The lowest BCUT2D eigenvalue weighted by molar-refractivity contribution is -0.128. The van der Waals surface area contributed by atoms with Gasteiger partial charge in [0.05, 0.1) is 6.26 Å². The van der Waals surface area contributed by atoms with Crippen molar-refractivity contribution in [2.45, 2.75) is 0 Å². The number of carbonyl (C=O) groups excluding carboxylic acids is 2. The van der Waals surface area contributed by atoms with Gasteiger partial charge in [-0.15, -0.1) is 0 Å². The predicted octanol–water partition coefficient (Wildman–Crippen LogP) is -0.867. The Morgan fingerprint density at radius 2 is 2.38 bits per heavy atom. The van der Waals surface area contributed by atoms with Crippen molar-refractivity contribution in [1.82, 2.24) is 0 Å². The van der Waals surface area contributed by atoms with Crippen LogP contribution < -0.4 is 0 Å². The molecule has 0 aromatic rings. The minimum absolute atomic E-state index is 0.149. The molecule has 0 saturated carbocycles. The van der Waals surface area contributed by atoms with E-state index in [1.807, 2.05) is 0 Å². The van der Waals surface area contributed by atoms with E-state index in [9.17, 15) is 14.1 Å². The number of hydrogen-bond acceptors (Lipinski definition) is 3. The second-order valence-corrected chi connectivity index (χ2v) is 2.74. The normalized spacial score (nSPS) is 12.8. The van der Waals surface area contributed by atoms with Crippen molar-refractivity contribution in [3.8, 4) is 0 Å². The minimum atomic E-state index is -1.18. The van der Waals surface area contributed by atoms with Gasteiger partial charge < -0.3 is 4.55 Å². The van der Waals surface area contributed by atoms with Gasteiger partial charge >= 0.3 is 0 Å². The lowest BCUT2D eigenvalue weighted by Gasteiger charge is -1.97. The Hall–Kier alpha value is -0.350. The van der Waals surface area contributed by atoms with Crippen molar-refractivity contribution in [3.63, 3.8) is 0 Å². The molecule has 0 aliphatic heterocycles. The van der Waals surface area contributed by atoms with Crippen molar-refractivity contribution in [3.05, 3.63) is 0 Å². The van der Waals surface area contributed by atoms with Crippen molar-refractivity contribution >= 4 is 23.2 Å². The first-order valence-electron chi connectivity index (χ1n) is 1.95. The van der Waals surface area contributed by atoms with Gasteiger partial charge in [0.15, 0.2) is 12.0 Å². The van der Waals surface area contributed by atoms with E-state index in [4.69, 9.17) is 0 Å². The van der Waals surface area contributed by atoms with Gasteiger partial charge in [0, 0.05) is 0 Å². The largest absolute Gasteiger partial charge is 0.616 e. The molecular weight excluding hydrogens is 128 g/mol. The summed E-state index contributed by atoms with van der Waals surface area (Å²) < 4.78 is 10.1. The first kappa shape index (κ1) is 7.65. The maximum absolute atomic E-state index is 10.1. The average Bonchev–Trinajstić information content (AvgIpc) is 1.65.